The molecule has 0 bridgehead atoms. The fourth-order valence-corrected chi connectivity index (χ4v) is 5.66. The number of fused-ring (bicyclic) bond motifs is 1. The van der Waals surface area contributed by atoms with Crippen molar-refractivity contribution in [1.82, 2.24) is 15.1 Å². The fraction of sp³-hybridized carbons (Fsp3) is 0.382. The number of amides is 3. The molecule has 10 nitrogen and oxygen atoms in total. The average Bonchev–Trinajstić information content (AvgIpc) is 3.01. The van der Waals surface area contributed by atoms with Gasteiger partial charge >= 0.3 is 6.09 Å². The van der Waals surface area contributed by atoms with Crippen LogP contribution in [-0.2, 0) is 14.3 Å². The fourth-order valence-electron chi connectivity index (χ4n) is 5.35. The Morgan fingerprint density at radius 2 is 1.70 bits per heavy atom. The van der Waals surface area contributed by atoms with Crippen molar-refractivity contribution >= 4 is 46.8 Å². The van der Waals surface area contributed by atoms with Gasteiger partial charge in [0.15, 0.2) is 6.61 Å². The van der Waals surface area contributed by atoms with Crippen LogP contribution in [0.5, 0.6) is 11.5 Å². The summed E-state index contributed by atoms with van der Waals surface area (Å²) in [6.07, 6.45) is -0.521. The third-order valence-corrected chi connectivity index (χ3v) is 8.51. The van der Waals surface area contributed by atoms with Crippen LogP contribution in [0.4, 0.5) is 10.5 Å². The lowest BCUT2D eigenvalue weighted by Crippen LogP contribution is -2.48. The summed E-state index contributed by atoms with van der Waals surface area (Å²) in [4.78, 5) is 44.3. The Morgan fingerprint density at radius 1 is 1.00 bits per heavy atom. The highest BCUT2D eigenvalue weighted by atomic mass is 35.5. The highest BCUT2D eigenvalue weighted by molar-refractivity contribution is 6.42. The van der Waals surface area contributed by atoms with Gasteiger partial charge in [0.25, 0.3) is 5.91 Å². The van der Waals surface area contributed by atoms with Crippen molar-refractivity contribution in [2.45, 2.75) is 32.4 Å². The first-order valence-corrected chi connectivity index (χ1v) is 15.8. The van der Waals surface area contributed by atoms with E-state index in [2.05, 4.69) is 10.2 Å². The summed E-state index contributed by atoms with van der Waals surface area (Å²) in [5, 5.41) is 3.36. The number of likely N-dealkylation sites (N-methyl/N-ethyl adjacent to an activating group) is 1. The van der Waals surface area contributed by atoms with Gasteiger partial charge < -0.3 is 24.4 Å². The number of nitrogens with one attached hydrogen (secondary N) is 1. The standard InChI is InChI=1S/C34H38Cl2N4O6/c1-34(2,3)37-33(43)46-25-7-5-6-24(16-25)22-8-10-23(11-9-22)29(19-39-12-14-44-15-13-39)38(4)31(41)20-40-28-17-26(35)27(36)18-30(28)45-21-32(40)42/h5-11,16-18,29H,12-15,19-21H2,1-4H3,(H,37,43). The quantitative estimate of drug-likeness (QED) is 0.324. The summed E-state index contributed by atoms with van der Waals surface area (Å²) < 4.78 is 16.6. The molecule has 244 valence electrons. The largest absolute Gasteiger partial charge is 0.482 e. The molecular formula is C34H38Cl2N4O6. The van der Waals surface area contributed by atoms with E-state index >= 15 is 0 Å². The molecule has 2 aliphatic rings. The Balaban J connectivity index is 1.36. The summed E-state index contributed by atoms with van der Waals surface area (Å²) in [5.74, 6) is 0.243. The van der Waals surface area contributed by atoms with E-state index in [0.29, 0.717) is 42.0 Å². The van der Waals surface area contributed by atoms with Crippen molar-refractivity contribution in [2.75, 3.05) is 57.9 Å². The molecule has 3 aromatic carbocycles. The first kappa shape index (κ1) is 33.5. The van der Waals surface area contributed by atoms with Gasteiger partial charge in [0.1, 0.15) is 18.0 Å². The van der Waals surface area contributed by atoms with Crippen LogP contribution in [0.2, 0.25) is 10.0 Å². The minimum Gasteiger partial charge on any atom is -0.482 e. The smallest absolute Gasteiger partial charge is 0.413 e. The number of ether oxygens (including phenoxy) is 3. The van der Waals surface area contributed by atoms with E-state index in [1.54, 1.807) is 30.1 Å². The summed E-state index contributed by atoms with van der Waals surface area (Å²) in [6, 6.07) is 18.1. The van der Waals surface area contributed by atoms with Gasteiger partial charge in [-0.25, -0.2) is 4.79 Å². The molecule has 2 aliphatic heterocycles. The van der Waals surface area contributed by atoms with E-state index in [-0.39, 0.29) is 36.0 Å². The number of hydrogen-bond acceptors (Lipinski definition) is 7. The summed E-state index contributed by atoms with van der Waals surface area (Å²) in [5.41, 5.74) is 2.73. The Bertz CT molecular complexity index is 1590. The Kier molecular flexibility index (Phi) is 10.4. The van der Waals surface area contributed by atoms with Crippen LogP contribution < -0.4 is 19.7 Å². The van der Waals surface area contributed by atoms with Gasteiger partial charge in [0.05, 0.1) is 35.0 Å². The zero-order valence-corrected chi connectivity index (χ0v) is 27.9. The molecule has 3 aromatic rings. The normalized spacial score (nSPS) is 15.9. The van der Waals surface area contributed by atoms with Gasteiger partial charge in [-0.15, -0.1) is 0 Å². The highest BCUT2D eigenvalue weighted by Gasteiger charge is 2.32. The maximum atomic E-state index is 13.8. The molecule has 0 aliphatic carbocycles. The molecule has 0 saturated carbocycles. The van der Waals surface area contributed by atoms with E-state index in [9.17, 15) is 14.4 Å². The SMILES string of the molecule is CN(C(=O)CN1C(=O)COc2cc(Cl)c(Cl)cc21)C(CN1CCOCC1)c1ccc(-c2cccc(OC(=O)NC(C)(C)C)c2)cc1. The number of benzene rings is 3. The lowest BCUT2D eigenvalue weighted by molar-refractivity contribution is -0.133. The lowest BCUT2D eigenvalue weighted by Gasteiger charge is -2.37. The van der Waals surface area contributed by atoms with Gasteiger partial charge in [-0.3, -0.25) is 19.4 Å². The van der Waals surface area contributed by atoms with Crippen molar-refractivity contribution in [2.24, 2.45) is 0 Å². The second-order valence-corrected chi connectivity index (χ2v) is 13.2. The Labute approximate surface area is 279 Å². The maximum Gasteiger partial charge on any atom is 0.413 e. The topological polar surface area (TPSA) is 101 Å². The van der Waals surface area contributed by atoms with Crippen LogP contribution in [0, 0.1) is 0 Å². The van der Waals surface area contributed by atoms with Crippen molar-refractivity contribution < 1.29 is 28.6 Å². The van der Waals surface area contributed by atoms with Crippen LogP contribution in [-0.4, -0.2) is 86.3 Å². The monoisotopic (exact) mass is 668 g/mol. The Morgan fingerprint density at radius 3 is 2.39 bits per heavy atom. The van der Waals surface area contributed by atoms with Gasteiger partial charge in [0.2, 0.25) is 5.91 Å². The van der Waals surface area contributed by atoms with Crippen LogP contribution >= 0.6 is 23.2 Å². The third kappa shape index (κ3) is 8.30. The van der Waals surface area contributed by atoms with E-state index < -0.39 is 11.6 Å². The summed E-state index contributed by atoms with van der Waals surface area (Å²) in [7, 11) is 1.76. The van der Waals surface area contributed by atoms with Crippen LogP contribution in [0.15, 0.2) is 60.7 Å². The molecule has 1 unspecified atom stereocenters. The highest BCUT2D eigenvalue weighted by Crippen LogP contribution is 2.39. The summed E-state index contributed by atoms with van der Waals surface area (Å²) >= 11 is 12.4. The molecular weight excluding hydrogens is 631 g/mol. The molecule has 0 spiro atoms. The predicted molar refractivity (Wildman–Crippen MR) is 178 cm³/mol. The first-order valence-electron chi connectivity index (χ1n) is 15.1. The molecule has 0 radical (unpaired) electrons. The van der Waals surface area contributed by atoms with Crippen LogP contribution in [0.1, 0.15) is 32.4 Å². The molecule has 1 saturated heterocycles. The van der Waals surface area contributed by atoms with E-state index in [0.717, 1.165) is 29.8 Å². The second kappa shape index (κ2) is 14.3. The van der Waals surface area contributed by atoms with Crippen molar-refractivity contribution in [3.63, 3.8) is 0 Å². The van der Waals surface area contributed by atoms with Crippen molar-refractivity contribution in [3.05, 3.63) is 76.3 Å². The van der Waals surface area contributed by atoms with Gasteiger partial charge in [-0.1, -0.05) is 59.6 Å². The van der Waals surface area contributed by atoms with Crippen LogP contribution in [0.25, 0.3) is 11.1 Å². The molecule has 1 N–H and O–H groups in total. The number of rotatable bonds is 8. The number of hydrogen-bond donors (Lipinski definition) is 1. The number of morpholine rings is 1. The van der Waals surface area contributed by atoms with Gasteiger partial charge in [-0.05, 0) is 55.7 Å². The summed E-state index contributed by atoms with van der Waals surface area (Å²) in [6.45, 7) is 8.61. The van der Waals surface area contributed by atoms with E-state index in [4.69, 9.17) is 37.4 Å². The Hall–Kier alpha value is -3.83. The average molecular weight is 670 g/mol. The minimum atomic E-state index is -0.521. The number of halogens is 2. The zero-order chi connectivity index (χ0) is 33.0. The van der Waals surface area contributed by atoms with Gasteiger partial charge in [0, 0.05) is 38.3 Å². The number of nitrogens with zero attached hydrogens (tertiary/aromatic N) is 3. The molecule has 2 heterocycles. The van der Waals surface area contributed by atoms with Crippen molar-refractivity contribution in [1.29, 1.82) is 0 Å². The zero-order valence-electron chi connectivity index (χ0n) is 26.3. The molecule has 3 amide bonds. The molecule has 5 rings (SSSR count). The minimum absolute atomic E-state index is 0.184. The lowest BCUT2D eigenvalue weighted by atomic mass is 9.99. The maximum absolute atomic E-state index is 13.8. The first-order chi connectivity index (χ1) is 21.9. The molecule has 1 atom stereocenters. The molecule has 0 aromatic heterocycles. The predicted octanol–water partition coefficient (Wildman–Crippen LogP) is 5.80. The molecule has 12 heteroatoms. The van der Waals surface area contributed by atoms with Crippen LogP contribution in [0.3, 0.4) is 0 Å². The van der Waals surface area contributed by atoms with Crippen molar-refractivity contribution in [3.8, 4) is 22.6 Å². The number of carbonyl (C=O) groups is 3. The third-order valence-electron chi connectivity index (χ3n) is 7.78. The number of carbonyl (C=O) groups excluding carboxylic acids is 3. The van der Waals surface area contributed by atoms with E-state index in [1.165, 1.54) is 4.90 Å². The molecule has 46 heavy (non-hydrogen) atoms. The molecule has 1 fully saturated rings. The van der Waals surface area contributed by atoms with Gasteiger partial charge in [-0.2, -0.15) is 0 Å². The van der Waals surface area contributed by atoms with E-state index in [1.807, 2.05) is 63.2 Å². The number of anilines is 1. The second-order valence-electron chi connectivity index (χ2n) is 12.4.